The Balaban J connectivity index is 1.57. The van der Waals surface area contributed by atoms with E-state index in [1.54, 1.807) is 32.9 Å². The fraction of sp³-hybridized carbons (Fsp3) is 0.429. The highest BCUT2D eigenvalue weighted by atomic mass is 16.5. The Bertz CT molecular complexity index is 958. The summed E-state index contributed by atoms with van der Waals surface area (Å²) in [7, 11) is 0. The van der Waals surface area contributed by atoms with Gasteiger partial charge in [0.15, 0.2) is 6.61 Å². The molecule has 1 atom stereocenters. The van der Waals surface area contributed by atoms with Crippen molar-refractivity contribution in [2.75, 3.05) is 19.8 Å². The molecule has 0 bridgehead atoms. The van der Waals surface area contributed by atoms with Crippen LogP contribution in [0.5, 0.6) is 0 Å². The van der Waals surface area contributed by atoms with Gasteiger partial charge in [0.25, 0.3) is 0 Å². The molecule has 0 aromatic carbocycles. The van der Waals surface area contributed by atoms with Gasteiger partial charge in [0, 0.05) is 18.7 Å². The molecule has 1 amide bonds. The number of Topliss-reactive ketones (excluding diaryl/α,β-unsaturated/α-hetero) is 1. The summed E-state index contributed by atoms with van der Waals surface area (Å²) in [5.41, 5.74) is 1.47. The Morgan fingerprint density at radius 1 is 1.27 bits per heavy atom. The number of ketones is 1. The van der Waals surface area contributed by atoms with Crippen LogP contribution in [0.25, 0.3) is 0 Å². The summed E-state index contributed by atoms with van der Waals surface area (Å²) < 4.78 is 15.4. The lowest BCUT2D eigenvalue weighted by atomic mass is 10.1. The number of amides is 1. The third kappa shape index (κ3) is 4.45. The van der Waals surface area contributed by atoms with Crippen molar-refractivity contribution in [1.29, 1.82) is 0 Å². The van der Waals surface area contributed by atoms with Crippen molar-refractivity contribution in [3.05, 3.63) is 46.7 Å². The molecular weight excluding hydrogens is 392 g/mol. The Morgan fingerprint density at radius 2 is 2.03 bits per heavy atom. The summed E-state index contributed by atoms with van der Waals surface area (Å²) in [5, 5.41) is 0. The Morgan fingerprint density at radius 3 is 2.70 bits per heavy atom. The third-order valence-corrected chi connectivity index (χ3v) is 5.02. The van der Waals surface area contributed by atoms with Gasteiger partial charge in [0.05, 0.1) is 36.6 Å². The molecule has 30 heavy (non-hydrogen) atoms. The van der Waals surface area contributed by atoms with Gasteiger partial charge in [-0.15, -0.1) is 0 Å². The number of esters is 2. The topological polar surface area (TPSA) is 119 Å². The molecule has 160 valence electrons. The lowest BCUT2D eigenvalue weighted by Crippen LogP contribution is -2.27. The van der Waals surface area contributed by atoms with Crippen molar-refractivity contribution in [2.45, 2.75) is 33.7 Å². The molecule has 3 heterocycles. The predicted molar refractivity (Wildman–Crippen MR) is 104 cm³/mol. The maximum Gasteiger partial charge on any atom is 0.340 e. The molecule has 2 aromatic heterocycles. The Labute approximate surface area is 173 Å². The number of hydrogen-bond acceptors (Lipinski definition) is 7. The van der Waals surface area contributed by atoms with E-state index < -0.39 is 30.2 Å². The SMILES string of the molecule is CCOC(=O)c1c(C)[nH]c(C(=O)COC(=O)[C@@H]2CC(=O)N(Cc3ccco3)C2)c1C. The third-order valence-electron chi connectivity index (χ3n) is 5.02. The standard InChI is InChI=1S/C21H24N2O7/c1-4-28-21(27)18-12(2)19(22-13(18)3)16(24)11-30-20(26)14-8-17(25)23(9-14)10-15-6-5-7-29-15/h5-7,14,22H,4,8-11H2,1-3H3/t14-/m1/s1. The zero-order valence-electron chi connectivity index (χ0n) is 17.1. The smallest absolute Gasteiger partial charge is 0.340 e. The molecule has 1 aliphatic heterocycles. The van der Waals surface area contributed by atoms with E-state index in [-0.39, 0.29) is 37.7 Å². The Kier molecular flexibility index (Phi) is 6.39. The maximum absolute atomic E-state index is 12.5. The second-order valence-corrected chi connectivity index (χ2v) is 7.13. The molecule has 9 nitrogen and oxygen atoms in total. The first kappa shape index (κ1) is 21.4. The molecule has 1 N–H and O–H groups in total. The fourth-order valence-electron chi connectivity index (χ4n) is 3.54. The van der Waals surface area contributed by atoms with Gasteiger partial charge in [-0.05, 0) is 38.5 Å². The van der Waals surface area contributed by atoms with E-state index in [1.165, 1.54) is 11.2 Å². The van der Waals surface area contributed by atoms with Crippen LogP contribution in [-0.2, 0) is 25.6 Å². The molecule has 9 heteroatoms. The number of ether oxygens (including phenoxy) is 2. The lowest BCUT2D eigenvalue weighted by Gasteiger charge is -2.14. The lowest BCUT2D eigenvalue weighted by molar-refractivity contribution is -0.147. The quantitative estimate of drug-likeness (QED) is 0.517. The average Bonchev–Trinajstić information content (AvgIpc) is 3.41. The van der Waals surface area contributed by atoms with Crippen molar-refractivity contribution in [2.24, 2.45) is 5.92 Å². The molecule has 0 unspecified atom stereocenters. The molecule has 2 aromatic rings. The first-order valence-electron chi connectivity index (χ1n) is 9.68. The van der Waals surface area contributed by atoms with Crippen LogP contribution in [-0.4, -0.2) is 53.3 Å². The normalized spacial score (nSPS) is 16.0. The molecule has 0 spiro atoms. The highest BCUT2D eigenvalue weighted by Crippen LogP contribution is 2.23. The van der Waals surface area contributed by atoms with E-state index in [2.05, 4.69) is 4.98 Å². The van der Waals surface area contributed by atoms with Crippen molar-refractivity contribution in [3.8, 4) is 0 Å². The predicted octanol–water partition coefficient (Wildman–Crippen LogP) is 2.18. The van der Waals surface area contributed by atoms with Crippen LogP contribution >= 0.6 is 0 Å². The van der Waals surface area contributed by atoms with Gasteiger partial charge in [-0.1, -0.05) is 0 Å². The van der Waals surface area contributed by atoms with Crippen LogP contribution in [0.4, 0.5) is 0 Å². The van der Waals surface area contributed by atoms with Gasteiger partial charge in [0.2, 0.25) is 11.7 Å². The molecule has 1 saturated heterocycles. The number of hydrogen-bond donors (Lipinski definition) is 1. The monoisotopic (exact) mass is 416 g/mol. The molecule has 1 aliphatic rings. The number of nitrogens with one attached hydrogen (secondary N) is 1. The van der Waals surface area contributed by atoms with E-state index in [0.29, 0.717) is 22.6 Å². The van der Waals surface area contributed by atoms with Crippen molar-refractivity contribution in [3.63, 3.8) is 0 Å². The van der Waals surface area contributed by atoms with Crippen LogP contribution in [0.3, 0.4) is 0 Å². The van der Waals surface area contributed by atoms with Crippen LogP contribution in [0.2, 0.25) is 0 Å². The van der Waals surface area contributed by atoms with E-state index >= 15 is 0 Å². The van der Waals surface area contributed by atoms with Crippen LogP contribution < -0.4 is 0 Å². The number of nitrogens with zero attached hydrogens (tertiary/aromatic N) is 1. The summed E-state index contributed by atoms with van der Waals surface area (Å²) in [6.45, 7) is 5.23. The van der Waals surface area contributed by atoms with E-state index in [9.17, 15) is 19.2 Å². The van der Waals surface area contributed by atoms with E-state index in [4.69, 9.17) is 13.9 Å². The number of aryl methyl sites for hydroxylation is 1. The first-order chi connectivity index (χ1) is 14.3. The second kappa shape index (κ2) is 8.98. The number of rotatable bonds is 8. The summed E-state index contributed by atoms with van der Waals surface area (Å²) in [6.07, 6.45) is 1.55. The largest absolute Gasteiger partial charge is 0.467 e. The highest BCUT2D eigenvalue weighted by molar-refractivity contribution is 6.02. The average molecular weight is 416 g/mol. The van der Waals surface area contributed by atoms with E-state index in [1.807, 2.05) is 0 Å². The molecule has 3 rings (SSSR count). The summed E-state index contributed by atoms with van der Waals surface area (Å²) >= 11 is 0. The van der Waals surface area contributed by atoms with Crippen molar-refractivity contribution in [1.82, 2.24) is 9.88 Å². The molecular formula is C21H24N2O7. The molecule has 0 saturated carbocycles. The summed E-state index contributed by atoms with van der Waals surface area (Å²) in [6, 6.07) is 3.48. The van der Waals surface area contributed by atoms with Gasteiger partial charge in [-0.3, -0.25) is 14.4 Å². The fourth-order valence-corrected chi connectivity index (χ4v) is 3.54. The summed E-state index contributed by atoms with van der Waals surface area (Å²) in [4.78, 5) is 53.5. The van der Waals surface area contributed by atoms with Gasteiger partial charge in [-0.2, -0.15) is 0 Å². The zero-order valence-corrected chi connectivity index (χ0v) is 17.1. The minimum atomic E-state index is -0.637. The van der Waals surface area contributed by atoms with Gasteiger partial charge >= 0.3 is 11.9 Å². The number of furan rings is 1. The van der Waals surface area contributed by atoms with Gasteiger partial charge in [0.1, 0.15) is 5.76 Å². The number of likely N-dealkylation sites (tertiary alicyclic amines) is 1. The minimum Gasteiger partial charge on any atom is -0.467 e. The number of aromatic nitrogens is 1. The minimum absolute atomic E-state index is 0.0291. The number of carbonyl (C=O) groups is 4. The molecule has 0 radical (unpaired) electrons. The Hall–Kier alpha value is -3.36. The van der Waals surface area contributed by atoms with Crippen LogP contribution in [0.1, 0.15) is 51.2 Å². The number of H-pyrrole nitrogens is 1. The van der Waals surface area contributed by atoms with Crippen LogP contribution in [0, 0.1) is 19.8 Å². The summed E-state index contributed by atoms with van der Waals surface area (Å²) in [5.74, 6) is -1.76. The van der Waals surface area contributed by atoms with Crippen molar-refractivity contribution >= 4 is 23.6 Å². The van der Waals surface area contributed by atoms with Crippen molar-refractivity contribution < 1.29 is 33.1 Å². The first-order valence-corrected chi connectivity index (χ1v) is 9.68. The van der Waals surface area contributed by atoms with Gasteiger partial charge in [-0.25, -0.2) is 4.79 Å². The highest BCUT2D eigenvalue weighted by Gasteiger charge is 2.36. The molecule has 1 fully saturated rings. The second-order valence-electron chi connectivity index (χ2n) is 7.13. The molecule has 0 aliphatic carbocycles. The zero-order chi connectivity index (χ0) is 21.8. The van der Waals surface area contributed by atoms with E-state index in [0.717, 1.165) is 0 Å². The maximum atomic E-state index is 12.5. The number of carbonyl (C=O) groups excluding carboxylic acids is 4. The van der Waals surface area contributed by atoms with Crippen LogP contribution in [0.15, 0.2) is 22.8 Å². The number of aromatic amines is 1. The van der Waals surface area contributed by atoms with Gasteiger partial charge < -0.3 is 23.8 Å².